The molecule has 16 heavy (non-hydrogen) atoms. The van der Waals surface area contributed by atoms with Crippen LogP contribution in [0.25, 0.3) is 0 Å². The molecule has 2 nitrogen and oxygen atoms in total. The van der Waals surface area contributed by atoms with Crippen molar-refractivity contribution >= 4 is 5.78 Å². The molecule has 1 saturated carbocycles. The van der Waals surface area contributed by atoms with E-state index in [0.29, 0.717) is 12.3 Å². The molecule has 1 aliphatic rings. The normalized spacial score (nSPS) is 29.6. The Balaban J connectivity index is 2.55. The Labute approximate surface area is 98.1 Å². The summed E-state index contributed by atoms with van der Waals surface area (Å²) in [7, 11) is 0. The lowest BCUT2D eigenvalue weighted by Gasteiger charge is -2.25. The average Bonchev–Trinajstić information content (AvgIpc) is 2.58. The monoisotopic (exact) mass is 222 g/mol. The molecule has 4 atom stereocenters. The molecule has 0 radical (unpaired) electrons. The van der Waals surface area contributed by atoms with Crippen molar-refractivity contribution in [2.75, 3.05) is 0 Å². The number of Topliss-reactive ketones (excluding diaryl/α,β-unsaturated/α-hetero) is 1. The van der Waals surface area contributed by atoms with Gasteiger partial charge in [0.15, 0.2) is 0 Å². The Hall–Kier alpha value is -0.890. The molecular formula is C14H22O2. The van der Waals surface area contributed by atoms with Gasteiger partial charge in [0.2, 0.25) is 0 Å². The SMILES string of the molecule is C=C/C=C\CC(C)C(O)C1C(=O)CCC1C. The molecule has 0 spiro atoms. The molecule has 0 bridgehead atoms. The molecule has 1 N–H and O–H groups in total. The highest BCUT2D eigenvalue weighted by Crippen LogP contribution is 2.34. The number of aliphatic hydroxyl groups is 1. The van der Waals surface area contributed by atoms with E-state index in [0.717, 1.165) is 12.8 Å². The van der Waals surface area contributed by atoms with Gasteiger partial charge < -0.3 is 5.11 Å². The fraction of sp³-hybridized carbons (Fsp3) is 0.643. The van der Waals surface area contributed by atoms with Crippen LogP contribution in [0.15, 0.2) is 24.8 Å². The summed E-state index contributed by atoms with van der Waals surface area (Å²) < 4.78 is 0. The molecule has 1 rings (SSSR count). The van der Waals surface area contributed by atoms with Crippen LogP contribution in [-0.2, 0) is 4.79 Å². The average molecular weight is 222 g/mol. The van der Waals surface area contributed by atoms with Crippen molar-refractivity contribution in [3.63, 3.8) is 0 Å². The maximum Gasteiger partial charge on any atom is 0.138 e. The molecule has 0 aromatic heterocycles. The number of carbonyl (C=O) groups excluding carboxylic acids is 1. The maximum absolute atomic E-state index is 11.7. The summed E-state index contributed by atoms with van der Waals surface area (Å²) in [5.74, 6) is 0.547. The van der Waals surface area contributed by atoms with Crippen molar-refractivity contribution in [3.8, 4) is 0 Å². The summed E-state index contributed by atoms with van der Waals surface area (Å²) in [5, 5.41) is 10.2. The number of carbonyl (C=O) groups is 1. The highest BCUT2D eigenvalue weighted by atomic mass is 16.3. The van der Waals surface area contributed by atoms with Gasteiger partial charge in [-0.3, -0.25) is 4.79 Å². The minimum atomic E-state index is -0.500. The number of allylic oxidation sites excluding steroid dienone is 3. The van der Waals surface area contributed by atoms with Gasteiger partial charge in [-0.05, 0) is 24.7 Å². The second-order valence-corrected chi connectivity index (χ2v) is 4.88. The van der Waals surface area contributed by atoms with E-state index in [1.165, 1.54) is 0 Å². The predicted molar refractivity (Wildman–Crippen MR) is 66.0 cm³/mol. The maximum atomic E-state index is 11.7. The first-order chi connectivity index (χ1) is 7.57. The summed E-state index contributed by atoms with van der Waals surface area (Å²) in [6, 6.07) is 0. The number of ketones is 1. The minimum absolute atomic E-state index is 0.130. The lowest BCUT2D eigenvalue weighted by Crippen LogP contribution is -2.33. The van der Waals surface area contributed by atoms with Crippen molar-refractivity contribution < 1.29 is 9.90 Å². The smallest absolute Gasteiger partial charge is 0.138 e. The van der Waals surface area contributed by atoms with Gasteiger partial charge in [-0.1, -0.05) is 38.7 Å². The molecule has 0 aromatic carbocycles. The van der Waals surface area contributed by atoms with Crippen LogP contribution >= 0.6 is 0 Å². The fourth-order valence-electron chi connectivity index (χ4n) is 2.44. The summed E-state index contributed by atoms with van der Waals surface area (Å²) in [6.45, 7) is 7.66. The van der Waals surface area contributed by atoms with Gasteiger partial charge in [0.05, 0.1) is 6.10 Å². The van der Waals surface area contributed by atoms with Crippen LogP contribution in [0.4, 0.5) is 0 Å². The highest BCUT2D eigenvalue weighted by Gasteiger charge is 2.38. The van der Waals surface area contributed by atoms with E-state index < -0.39 is 6.10 Å². The lowest BCUT2D eigenvalue weighted by molar-refractivity contribution is -0.125. The van der Waals surface area contributed by atoms with Crippen LogP contribution in [0.1, 0.15) is 33.1 Å². The van der Waals surface area contributed by atoms with E-state index in [1.54, 1.807) is 6.08 Å². The Kier molecular flexibility index (Phi) is 4.94. The Bertz CT molecular complexity index is 280. The number of hydrogen-bond donors (Lipinski definition) is 1. The van der Waals surface area contributed by atoms with Gasteiger partial charge in [-0.15, -0.1) is 0 Å². The standard InChI is InChI=1S/C14H22O2/c1-4-5-6-7-11(3)14(16)13-10(2)8-9-12(13)15/h4-6,10-11,13-14,16H,1,7-9H2,2-3H3/b6-5-. The van der Waals surface area contributed by atoms with E-state index in [-0.39, 0.29) is 17.6 Å². The van der Waals surface area contributed by atoms with Crippen molar-refractivity contribution in [2.45, 2.75) is 39.2 Å². The first kappa shape index (κ1) is 13.2. The third kappa shape index (κ3) is 3.05. The third-order valence-electron chi connectivity index (χ3n) is 3.56. The van der Waals surface area contributed by atoms with Gasteiger partial charge in [0.1, 0.15) is 5.78 Å². The van der Waals surface area contributed by atoms with Crippen LogP contribution in [0.3, 0.4) is 0 Å². The van der Waals surface area contributed by atoms with Crippen LogP contribution in [0, 0.1) is 17.8 Å². The first-order valence-electron chi connectivity index (χ1n) is 6.06. The lowest BCUT2D eigenvalue weighted by atomic mass is 9.83. The van der Waals surface area contributed by atoms with Gasteiger partial charge in [-0.25, -0.2) is 0 Å². The Morgan fingerprint density at radius 2 is 2.31 bits per heavy atom. The second-order valence-electron chi connectivity index (χ2n) is 4.88. The molecular weight excluding hydrogens is 200 g/mol. The topological polar surface area (TPSA) is 37.3 Å². The van der Waals surface area contributed by atoms with Crippen LogP contribution in [0.5, 0.6) is 0 Å². The molecule has 0 amide bonds. The molecule has 0 heterocycles. The quantitative estimate of drug-likeness (QED) is 0.726. The zero-order chi connectivity index (χ0) is 12.1. The van der Waals surface area contributed by atoms with Gasteiger partial charge in [0.25, 0.3) is 0 Å². The Morgan fingerprint density at radius 3 is 2.81 bits per heavy atom. The van der Waals surface area contributed by atoms with E-state index in [9.17, 15) is 9.90 Å². The third-order valence-corrected chi connectivity index (χ3v) is 3.56. The highest BCUT2D eigenvalue weighted by molar-refractivity contribution is 5.83. The largest absolute Gasteiger partial charge is 0.392 e. The summed E-state index contributed by atoms with van der Waals surface area (Å²) in [4.78, 5) is 11.7. The van der Waals surface area contributed by atoms with Crippen molar-refractivity contribution in [1.82, 2.24) is 0 Å². The Morgan fingerprint density at radius 1 is 1.62 bits per heavy atom. The number of rotatable bonds is 5. The van der Waals surface area contributed by atoms with Crippen molar-refractivity contribution in [3.05, 3.63) is 24.8 Å². The van der Waals surface area contributed by atoms with Crippen LogP contribution < -0.4 is 0 Å². The summed E-state index contributed by atoms with van der Waals surface area (Å²) >= 11 is 0. The van der Waals surface area contributed by atoms with E-state index >= 15 is 0 Å². The van der Waals surface area contributed by atoms with Crippen LogP contribution in [0.2, 0.25) is 0 Å². The molecule has 0 aromatic rings. The summed E-state index contributed by atoms with van der Waals surface area (Å²) in [5.41, 5.74) is 0. The van der Waals surface area contributed by atoms with Gasteiger partial charge in [0, 0.05) is 12.3 Å². The zero-order valence-electron chi connectivity index (χ0n) is 10.2. The molecule has 1 fully saturated rings. The molecule has 90 valence electrons. The molecule has 2 heteroatoms. The van der Waals surface area contributed by atoms with Gasteiger partial charge >= 0.3 is 0 Å². The molecule has 0 saturated heterocycles. The van der Waals surface area contributed by atoms with Gasteiger partial charge in [-0.2, -0.15) is 0 Å². The van der Waals surface area contributed by atoms with E-state index in [2.05, 4.69) is 13.5 Å². The molecule has 1 aliphatic carbocycles. The first-order valence-corrected chi connectivity index (χ1v) is 6.06. The number of aliphatic hydroxyl groups excluding tert-OH is 1. The fourth-order valence-corrected chi connectivity index (χ4v) is 2.44. The number of hydrogen-bond acceptors (Lipinski definition) is 2. The second kappa shape index (κ2) is 6.00. The zero-order valence-corrected chi connectivity index (χ0v) is 10.2. The van der Waals surface area contributed by atoms with E-state index in [4.69, 9.17) is 0 Å². The summed E-state index contributed by atoms with van der Waals surface area (Å²) in [6.07, 6.45) is 7.45. The minimum Gasteiger partial charge on any atom is -0.392 e. The molecule has 4 unspecified atom stereocenters. The van der Waals surface area contributed by atoms with Crippen molar-refractivity contribution in [1.29, 1.82) is 0 Å². The van der Waals surface area contributed by atoms with Crippen molar-refractivity contribution in [2.24, 2.45) is 17.8 Å². The van der Waals surface area contributed by atoms with Crippen LogP contribution in [-0.4, -0.2) is 17.0 Å². The predicted octanol–water partition coefficient (Wildman–Crippen LogP) is 2.73. The van der Waals surface area contributed by atoms with E-state index in [1.807, 2.05) is 19.1 Å². The molecule has 0 aliphatic heterocycles.